The number of aliphatic hydroxyl groups excluding tert-OH is 1. The molecule has 0 saturated heterocycles. The monoisotopic (exact) mass is 453 g/mol. The highest BCUT2D eigenvalue weighted by Gasteiger charge is 2.16. The van der Waals surface area contributed by atoms with Gasteiger partial charge in [0, 0.05) is 30.6 Å². The van der Waals surface area contributed by atoms with Crippen LogP contribution in [-0.2, 0) is 6.54 Å². The van der Waals surface area contributed by atoms with Crippen LogP contribution in [0.5, 0.6) is 0 Å². The maximum atomic E-state index is 12.0. The van der Waals surface area contributed by atoms with Crippen molar-refractivity contribution in [3.8, 4) is 11.9 Å². The van der Waals surface area contributed by atoms with Crippen LogP contribution >= 0.6 is 24.0 Å². The molecule has 0 spiro atoms. The van der Waals surface area contributed by atoms with Gasteiger partial charge in [-0.15, -0.1) is 12.4 Å². The Hall–Kier alpha value is -3.44. The van der Waals surface area contributed by atoms with Gasteiger partial charge in [-0.05, 0) is 29.8 Å². The van der Waals surface area contributed by atoms with Crippen molar-refractivity contribution in [2.24, 2.45) is 0 Å². The molecule has 1 N–H and O–H groups in total. The molecular weight excluding hydrogens is 437 g/mol. The van der Waals surface area contributed by atoms with Crippen LogP contribution in [-0.4, -0.2) is 24.2 Å². The van der Waals surface area contributed by atoms with Crippen molar-refractivity contribution in [1.82, 2.24) is 19.1 Å². The van der Waals surface area contributed by atoms with Crippen molar-refractivity contribution in [2.75, 3.05) is 0 Å². The average Bonchev–Trinajstić information content (AvgIpc) is 3.23. The van der Waals surface area contributed by atoms with Crippen molar-refractivity contribution in [3.05, 3.63) is 111 Å². The molecule has 0 amide bonds. The molecule has 3 aromatic heterocycles. The highest BCUT2D eigenvalue weighted by molar-refractivity contribution is 6.30. The van der Waals surface area contributed by atoms with Gasteiger partial charge in [-0.3, -0.25) is 9.36 Å². The van der Waals surface area contributed by atoms with Gasteiger partial charge in [0.05, 0.1) is 34.9 Å². The van der Waals surface area contributed by atoms with Crippen molar-refractivity contribution < 1.29 is 5.11 Å². The summed E-state index contributed by atoms with van der Waals surface area (Å²) in [4.78, 5) is 20.5. The van der Waals surface area contributed by atoms with E-state index < -0.39 is 6.10 Å². The average molecular weight is 454 g/mol. The summed E-state index contributed by atoms with van der Waals surface area (Å²) in [5.74, 6) is 0.407. The summed E-state index contributed by atoms with van der Waals surface area (Å²) in [6.45, 7) is 0.502. The molecule has 0 radical (unpaired) electrons. The van der Waals surface area contributed by atoms with E-state index in [1.165, 1.54) is 29.1 Å². The first kappa shape index (κ1) is 22.2. The summed E-state index contributed by atoms with van der Waals surface area (Å²) in [5.41, 5.74) is 2.49. The van der Waals surface area contributed by atoms with E-state index in [9.17, 15) is 9.90 Å². The first-order valence-electron chi connectivity index (χ1n) is 9.07. The Bertz CT molecular complexity index is 1280. The number of hydrogen-bond acceptors (Lipinski definition) is 5. The first-order chi connectivity index (χ1) is 14.5. The Labute approximate surface area is 189 Å². The lowest BCUT2D eigenvalue weighted by Gasteiger charge is -2.15. The van der Waals surface area contributed by atoms with Crippen LogP contribution < -0.4 is 5.56 Å². The molecule has 0 saturated carbocycles. The van der Waals surface area contributed by atoms with E-state index in [4.69, 9.17) is 16.9 Å². The Kier molecular flexibility index (Phi) is 6.88. The fourth-order valence-corrected chi connectivity index (χ4v) is 3.25. The van der Waals surface area contributed by atoms with Gasteiger partial charge in [0.1, 0.15) is 11.9 Å². The normalized spacial score (nSPS) is 11.4. The molecule has 0 unspecified atom stereocenters. The van der Waals surface area contributed by atoms with Gasteiger partial charge >= 0.3 is 0 Å². The van der Waals surface area contributed by atoms with E-state index in [-0.39, 0.29) is 18.0 Å². The summed E-state index contributed by atoms with van der Waals surface area (Å²) in [6.07, 6.45) is 5.32. The number of imidazole rings is 1. The maximum Gasteiger partial charge on any atom is 0.256 e. The number of nitrogens with zero attached hydrogens (tertiary/aromatic N) is 5. The topological polar surface area (TPSA) is 96.7 Å². The summed E-state index contributed by atoms with van der Waals surface area (Å²) < 4.78 is 3.18. The lowest BCUT2D eigenvalue weighted by atomic mass is 10.1. The second-order valence-electron chi connectivity index (χ2n) is 6.66. The Balaban J connectivity index is 0.00000272. The molecule has 1 atom stereocenters. The maximum absolute atomic E-state index is 12.0. The zero-order valence-electron chi connectivity index (χ0n) is 16.1. The van der Waals surface area contributed by atoms with Gasteiger partial charge in [0.15, 0.2) is 0 Å². The lowest BCUT2D eigenvalue weighted by Crippen LogP contribution is -2.17. The highest BCUT2D eigenvalue weighted by atomic mass is 35.5. The van der Waals surface area contributed by atoms with Crippen LogP contribution in [0.3, 0.4) is 0 Å². The summed E-state index contributed by atoms with van der Waals surface area (Å²) in [7, 11) is 0. The van der Waals surface area contributed by atoms with Gasteiger partial charge in [0.2, 0.25) is 0 Å². The van der Waals surface area contributed by atoms with Crippen LogP contribution in [0.4, 0.5) is 0 Å². The third-order valence-electron chi connectivity index (χ3n) is 4.67. The minimum absolute atomic E-state index is 0. The zero-order chi connectivity index (χ0) is 21.1. The zero-order valence-corrected chi connectivity index (χ0v) is 17.7. The van der Waals surface area contributed by atoms with E-state index in [0.717, 1.165) is 5.56 Å². The van der Waals surface area contributed by atoms with E-state index in [2.05, 4.69) is 16.0 Å². The van der Waals surface area contributed by atoms with Crippen LogP contribution in [0.15, 0.2) is 78.2 Å². The highest BCUT2D eigenvalue weighted by Crippen LogP contribution is 2.22. The molecule has 156 valence electrons. The molecule has 0 fully saturated rings. The number of halogens is 2. The number of pyridine rings is 2. The molecule has 1 aromatic carbocycles. The minimum Gasteiger partial charge on any atom is -0.382 e. The van der Waals surface area contributed by atoms with Crippen LogP contribution in [0, 0.1) is 11.3 Å². The standard InChI is InChI=1S/C22H16ClN5O2.ClH/c23-18-6-8-21(29)28(13-18)20-7-5-17(10-26-20)22(30)19-11-25-14-27(19)12-16-3-1-15(9-24)2-4-16;/h1-8,10-11,13-14,22,30H,12H2;1H/t22-;/m1./s1. The van der Waals surface area contributed by atoms with Gasteiger partial charge in [-0.1, -0.05) is 29.8 Å². The third kappa shape index (κ3) is 4.84. The Morgan fingerprint density at radius 3 is 2.55 bits per heavy atom. The molecule has 3 heterocycles. The van der Waals surface area contributed by atoms with Gasteiger partial charge in [0.25, 0.3) is 5.56 Å². The molecule has 0 bridgehead atoms. The van der Waals surface area contributed by atoms with Crippen molar-refractivity contribution >= 4 is 24.0 Å². The minimum atomic E-state index is -0.941. The second kappa shape index (κ2) is 9.58. The van der Waals surface area contributed by atoms with Crippen LogP contribution in [0.2, 0.25) is 5.02 Å². The molecule has 4 rings (SSSR count). The number of rotatable bonds is 5. The first-order valence-corrected chi connectivity index (χ1v) is 9.44. The van der Waals surface area contributed by atoms with Gasteiger partial charge in [-0.2, -0.15) is 5.26 Å². The molecule has 0 aliphatic rings. The van der Waals surface area contributed by atoms with Crippen molar-refractivity contribution in [3.63, 3.8) is 0 Å². The Morgan fingerprint density at radius 1 is 1.10 bits per heavy atom. The predicted molar refractivity (Wildman–Crippen MR) is 119 cm³/mol. The van der Waals surface area contributed by atoms with Crippen molar-refractivity contribution in [2.45, 2.75) is 12.6 Å². The SMILES string of the molecule is Cl.N#Cc1ccc(Cn2cncc2[C@H](O)c2ccc(-n3cc(Cl)ccc3=O)nc2)cc1. The predicted octanol–water partition coefficient (Wildman–Crippen LogP) is 3.51. The number of benzene rings is 1. The Morgan fingerprint density at radius 2 is 1.87 bits per heavy atom. The lowest BCUT2D eigenvalue weighted by molar-refractivity contribution is 0.210. The molecular formula is C22H17Cl2N5O2. The van der Waals surface area contributed by atoms with E-state index >= 15 is 0 Å². The van der Waals surface area contributed by atoms with E-state index in [1.54, 1.807) is 36.8 Å². The van der Waals surface area contributed by atoms with Gasteiger partial charge < -0.3 is 9.67 Å². The van der Waals surface area contributed by atoms with Crippen LogP contribution in [0.25, 0.3) is 5.82 Å². The molecule has 7 nitrogen and oxygen atoms in total. The van der Waals surface area contributed by atoms with E-state index in [1.807, 2.05) is 16.7 Å². The van der Waals surface area contributed by atoms with Crippen molar-refractivity contribution in [1.29, 1.82) is 5.26 Å². The fraction of sp³-hybridized carbons (Fsp3) is 0.0909. The summed E-state index contributed by atoms with van der Waals surface area (Å²) in [5, 5.41) is 20.2. The molecule has 4 aromatic rings. The largest absolute Gasteiger partial charge is 0.382 e. The van der Waals surface area contributed by atoms with E-state index in [0.29, 0.717) is 34.2 Å². The number of hydrogen-bond donors (Lipinski definition) is 1. The fourth-order valence-electron chi connectivity index (χ4n) is 3.08. The smallest absolute Gasteiger partial charge is 0.256 e. The molecule has 0 aliphatic heterocycles. The van der Waals surface area contributed by atoms with Gasteiger partial charge in [-0.25, -0.2) is 9.97 Å². The molecule has 0 aliphatic carbocycles. The molecule has 31 heavy (non-hydrogen) atoms. The number of nitriles is 1. The third-order valence-corrected chi connectivity index (χ3v) is 4.89. The number of aromatic nitrogens is 4. The summed E-state index contributed by atoms with van der Waals surface area (Å²) >= 11 is 5.96. The van der Waals surface area contributed by atoms with Crippen LogP contribution in [0.1, 0.15) is 28.5 Å². The summed E-state index contributed by atoms with van der Waals surface area (Å²) in [6, 6.07) is 15.6. The quantitative estimate of drug-likeness (QED) is 0.498. The second-order valence-corrected chi connectivity index (χ2v) is 7.10. The molecule has 9 heteroatoms. The number of aliphatic hydroxyl groups is 1.